The molecule has 5 heteroatoms. The lowest BCUT2D eigenvalue weighted by molar-refractivity contribution is -0.138. The van der Waals surface area contributed by atoms with Crippen LogP contribution in [0.4, 0.5) is 0 Å². The lowest BCUT2D eigenvalue weighted by atomic mass is 10.1. The van der Waals surface area contributed by atoms with Gasteiger partial charge in [-0.05, 0) is 6.92 Å². The molecule has 0 saturated carbocycles. The largest absolute Gasteiger partial charge is 0.480 e. The van der Waals surface area contributed by atoms with Crippen LogP contribution in [0.5, 0.6) is 0 Å². The molecule has 0 atom stereocenters. The molecule has 0 unspecified atom stereocenters. The van der Waals surface area contributed by atoms with Crippen molar-refractivity contribution in [3.05, 3.63) is 0 Å². The third-order valence-electron chi connectivity index (χ3n) is 1.75. The molecular weight excluding hydrogens is 210 g/mol. The van der Waals surface area contributed by atoms with Crippen molar-refractivity contribution in [3.8, 4) is 0 Å². The highest BCUT2D eigenvalue weighted by Crippen LogP contribution is 1.89. The first-order valence-electron chi connectivity index (χ1n) is 5.18. The maximum Gasteiger partial charge on any atom is 0.322 e. The Morgan fingerprint density at radius 1 is 1.06 bits per heavy atom. The molecule has 0 aromatic carbocycles. The monoisotopic (exact) mass is 231 g/mol. The minimum absolute atomic E-state index is 0.153. The van der Waals surface area contributed by atoms with E-state index >= 15 is 0 Å². The average Bonchev–Trinajstić information content (AvgIpc) is 2.14. The molecule has 0 spiro atoms. The van der Waals surface area contributed by atoms with E-state index < -0.39 is 5.97 Å². The van der Waals surface area contributed by atoms with Crippen LogP contribution in [0.15, 0.2) is 0 Å². The zero-order valence-corrected chi connectivity index (χ0v) is 10.5. The third kappa shape index (κ3) is 12.6. The van der Waals surface area contributed by atoms with E-state index in [1.165, 1.54) is 0 Å². The summed E-state index contributed by atoms with van der Waals surface area (Å²) in [5.74, 6) is -0.934. The maximum atomic E-state index is 10.7. The van der Waals surface area contributed by atoms with Crippen molar-refractivity contribution in [1.82, 2.24) is 5.32 Å². The predicted octanol–water partition coefficient (Wildman–Crippen LogP) is 1.07. The van der Waals surface area contributed by atoms with E-state index in [1.807, 2.05) is 13.8 Å². The van der Waals surface area contributed by atoms with Crippen LogP contribution in [0.2, 0.25) is 0 Å². The summed E-state index contributed by atoms with van der Waals surface area (Å²) in [5, 5.41) is 10.4. The van der Waals surface area contributed by atoms with Crippen LogP contribution in [-0.2, 0) is 14.4 Å². The van der Waals surface area contributed by atoms with Gasteiger partial charge in [0.2, 0.25) is 5.91 Å². The Balaban J connectivity index is 0. The van der Waals surface area contributed by atoms with Crippen LogP contribution in [0.1, 0.15) is 34.6 Å². The van der Waals surface area contributed by atoms with E-state index in [-0.39, 0.29) is 30.1 Å². The first kappa shape index (κ1) is 17.0. The van der Waals surface area contributed by atoms with E-state index in [0.29, 0.717) is 0 Å². The number of hydrogen-bond acceptors (Lipinski definition) is 3. The summed E-state index contributed by atoms with van der Waals surface area (Å²) in [5.41, 5.74) is 0. The number of Topliss-reactive ketones (excluding diaryl/α,β-unsaturated/α-hetero) is 1. The zero-order valence-electron chi connectivity index (χ0n) is 10.5. The van der Waals surface area contributed by atoms with E-state index in [4.69, 9.17) is 5.11 Å². The molecule has 16 heavy (non-hydrogen) atoms. The van der Waals surface area contributed by atoms with Crippen LogP contribution >= 0.6 is 0 Å². The van der Waals surface area contributed by atoms with Crippen molar-refractivity contribution in [3.63, 3.8) is 0 Å². The highest BCUT2D eigenvalue weighted by molar-refractivity contribution is 5.82. The molecule has 0 heterocycles. The molecule has 5 nitrogen and oxygen atoms in total. The highest BCUT2D eigenvalue weighted by Gasteiger charge is 2.06. The standard InChI is InChI=1S/C6H11NO3.C5H10O/c1-4(2)6(10)7-3-5(8)9;1-4(2)5(3)6/h4H,3H2,1-2H3,(H,7,10)(H,8,9);4H,1-3H3. The van der Waals surface area contributed by atoms with E-state index in [2.05, 4.69) is 5.32 Å². The molecule has 0 aliphatic rings. The molecule has 0 aliphatic heterocycles. The summed E-state index contributed by atoms with van der Waals surface area (Å²) in [6.07, 6.45) is 0. The second kappa shape index (κ2) is 8.88. The lowest BCUT2D eigenvalue weighted by Crippen LogP contribution is -2.32. The number of amides is 1. The molecule has 0 radical (unpaired) electrons. The first-order chi connectivity index (χ1) is 7.18. The van der Waals surface area contributed by atoms with E-state index in [1.54, 1.807) is 20.8 Å². The number of carbonyl (C=O) groups is 3. The Hall–Kier alpha value is -1.39. The van der Waals surface area contributed by atoms with Crippen LogP contribution in [0.3, 0.4) is 0 Å². The van der Waals surface area contributed by atoms with Gasteiger partial charge >= 0.3 is 5.97 Å². The van der Waals surface area contributed by atoms with Crippen LogP contribution < -0.4 is 5.32 Å². The summed E-state index contributed by atoms with van der Waals surface area (Å²) < 4.78 is 0. The fraction of sp³-hybridized carbons (Fsp3) is 0.727. The molecule has 0 aliphatic carbocycles. The Morgan fingerprint density at radius 2 is 1.44 bits per heavy atom. The van der Waals surface area contributed by atoms with Gasteiger partial charge in [-0.2, -0.15) is 0 Å². The number of ketones is 1. The van der Waals surface area contributed by atoms with Gasteiger partial charge in [0.15, 0.2) is 0 Å². The Bertz CT molecular complexity index is 246. The van der Waals surface area contributed by atoms with Crippen LogP contribution in [0.25, 0.3) is 0 Å². The molecule has 1 amide bonds. The Kier molecular flexibility index (Phi) is 9.45. The number of aliphatic carboxylic acids is 1. The number of nitrogens with one attached hydrogen (secondary N) is 1. The van der Waals surface area contributed by atoms with Gasteiger partial charge < -0.3 is 10.4 Å². The molecule has 0 fully saturated rings. The number of rotatable bonds is 4. The second-order valence-electron chi connectivity index (χ2n) is 4.03. The Morgan fingerprint density at radius 3 is 1.62 bits per heavy atom. The van der Waals surface area contributed by atoms with Crippen molar-refractivity contribution >= 4 is 17.7 Å². The Labute approximate surface area is 96.2 Å². The number of carboxylic acid groups (broad SMARTS) is 1. The van der Waals surface area contributed by atoms with Gasteiger partial charge in [0.05, 0.1) is 0 Å². The van der Waals surface area contributed by atoms with Crippen molar-refractivity contribution in [2.75, 3.05) is 6.54 Å². The lowest BCUT2D eigenvalue weighted by Gasteiger charge is -2.03. The average molecular weight is 231 g/mol. The molecular formula is C11H21NO4. The molecule has 94 valence electrons. The summed E-state index contributed by atoms with van der Waals surface area (Å²) in [6, 6.07) is 0. The molecule has 0 bridgehead atoms. The quantitative estimate of drug-likeness (QED) is 0.758. The van der Waals surface area contributed by atoms with E-state index in [9.17, 15) is 14.4 Å². The normalized spacial score (nSPS) is 9.44. The topological polar surface area (TPSA) is 83.5 Å². The molecule has 0 aromatic heterocycles. The van der Waals surface area contributed by atoms with Gasteiger partial charge in [-0.25, -0.2) is 0 Å². The van der Waals surface area contributed by atoms with Crippen molar-refractivity contribution in [2.24, 2.45) is 11.8 Å². The van der Waals surface area contributed by atoms with Gasteiger partial charge in [0.25, 0.3) is 0 Å². The molecule has 0 aromatic rings. The fourth-order valence-corrected chi connectivity index (χ4v) is 0.367. The highest BCUT2D eigenvalue weighted by atomic mass is 16.4. The van der Waals surface area contributed by atoms with Gasteiger partial charge in [0, 0.05) is 11.8 Å². The number of carbonyl (C=O) groups excluding carboxylic acids is 2. The minimum atomic E-state index is -1.02. The SMILES string of the molecule is CC(=O)C(C)C.CC(C)C(=O)NCC(=O)O. The summed E-state index contributed by atoms with van der Waals surface area (Å²) in [4.78, 5) is 30.7. The smallest absolute Gasteiger partial charge is 0.322 e. The summed E-state index contributed by atoms with van der Waals surface area (Å²) >= 11 is 0. The van der Waals surface area contributed by atoms with Crippen LogP contribution in [-0.4, -0.2) is 29.3 Å². The zero-order chi connectivity index (χ0) is 13.3. The number of carboxylic acids is 1. The second-order valence-corrected chi connectivity index (χ2v) is 4.03. The molecule has 0 rings (SSSR count). The fourth-order valence-electron chi connectivity index (χ4n) is 0.367. The molecule has 2 N–H and O–H groups in total. The molecule has 0 saturated heterocycles. The van der Waals surface area contributed by atoms with Crippen molar-refractivity contribution in [2.45, 2.75) is 34.6 Å². The van der Waals surface area contributed by atoms with E-state index in [0.717, 1.165) is 0 Å². The van der Waals surface area contributed by atoms with Crippen LogP contribution in [0, 0.1) is 11.8 Å². The predicted molar refractivity (Wildman–Crippen MR) is 61.0 cm³/mol. The van der Waals surface area contributed by atoms with Crippen molar-refractivity contribution < 1.29 is 19.5 Å². The van der Waals surface area contributed by atoms with Gasteiger partial charge in [-0.3, -0.25) is 14.4 Å². The van der Waals surface area contributed by atoms with Gasteiger partial charge in [-0.15, -0.1) is 0 Å². The van der Waals surface area contributed by atoms with Gasteiger partial charge in [0.1, 0.15) is 12.3 Å². The van der Waals surface area contributed by atoms with Gasteiger partial charge in [-0.1, -0.05) is 27.7 Å². The minimum Gasteiger partial charge on any atom is -0.480 e. The number of hydrogen-bond donors (Lipinski definition) is 2. The summed E-state index contributed by atoms with van der Waals surface area (Å²) in [6.45, 7) is 8.50. The van der Waals surface area contributed by atoms with Crippen molar-refractivity contribution in [1.29, 1.82) is 0 Å². The maximum absolute atomic E-state index is 10.7. The first-order valence-corrected chi connectivity index (χ1v) is 5.18. The summed E-state index contributed by atoms with van der Waals surface area (Å²) in [7, 11) is 0. The third-order valence-corrected chi connectivity index (χ3v) is 1.75.